The van der Waals surface area contributed by atoms with E-state index < -0.39 is 0 Å². The molecule has 0 bridgehead atoms. The minimum absolute atomic E-state index is 0.0600. The number of carbonyl (C=O) groups is 2. The van der Waals surface area contributed by atoms with Crippen LogP contribution in [0, 0.1) is 0 Å². The minimum Gasteiger partial charge on any atom is -0.324 e. The fourth-order valence-corrected chi connectivity index (χ4v) is 4.60. The molecule has 164 valence electrons. The van der Waals surface area contributed by atoms with E-state index in [1.165, 1.54) is 5.56 Å². The van der Waals surface area contributed by atoms with E-state index in [9.17, 15) is 9.59 Å². The van der Waals surface area contributed by atoms with Crippen LogP contribution in [-0.4, -0.2) is 61.5 Å². The van der Waals surface area contributed by atoms with E-state index in [-0.39, 0.29) is 18.0 Å². The molecule has 2 aliphatic rings. The molecule has 4 rings (SSSR count). The molecule has 0 aliphatic carbocycles. The predicted molar refractivity (Wildman–Crippen MR) is 125 cm³/mol. The third-order valence-electron chi connectivity index (χ3n) is 6.35. The molecule has 31 heavy (non-hydrogen) atoms. The van der Waals surface area contributed by atoms with Gasteiger partial charge in [0.2, 0.25) is 5.91 Å². The van der Waals surface area contributed by atoms with Gasteiger partial charge in [-0.25, -0.2) is 4.79 Å². The van der Waals surface area contributed by atoms with Crippen LogP contribution in [0.4, 0.5) is 16.2 Å². The molecule has 2 aliphatic heterocycles. The number of carbonyl (C=O) groups excluding carboxylic acids is 2. The summed E-state index contributed by atoms with van der Waals surface area (Å²) in [5.74, 6) is 0.593. The van der Waals surface area contributed by atoms with E-state index in [4.69, 9.17) is 11.6 Å². The second kappa shape index (κ2) is 9.28. The van der Waals surface area contributed by atoms with E-state index in [1.54, 1.807) is 0 Å². The second-order valence-electron chi connectivity index (χ2n) is 8.55. The van der Waals surface area contributed by atoms with Crippen molar-refractivity contribution in [1.82, 2.24) is 9.80 Å². The zero-order valence-corrected chi connectivity index (χ0v) is 18.8. The van der Waals surface area contributed by atoms with Gasteiger partial charge < -0.3 is 15.1 Å². The molecule has 1 atom stereocenters. The predicted octanol–water partition coefficient (Wildman–Crippen LogP) is 4.42. The van der Waals surface area contributed by atoms with Crippen LogP contribution in [0.3, 0.4) is 0 Å². The lowest BCUT2D eigenvalue weighted by Gasteiger charge is -2.32. The Morgan fingerprint density at radius 2 is 1.61 bits per heavy atom. The molecule has 2 aromatic rings. The number of hydrogen-bond acceptors (Lipinski definition) is 3. The maximum absolute atomic E-state index is 12.7. The standard InChI is InChI=1S/C24H29ClN4O2/c1-27(2)22-13-16-29(23(22)30)21-9-7-20(8-10-21)26-24(31)28-14-11-18(12-15-28)17-3-5-19(25)6-4-17/h3-10,18,22H,11-16H2,1-2H3,(H,26,31). The number of piperidine rings is 1. The number of nitrogens with one attached hydrogen (secondary N) is 1. The van der Waals surface area contributed by atoms with Crippen molar-refractivity contribution in [2.75, 3.05) is 43.9 Å². The number of hydrogen-bond donors (Lipinski definition) is 1. The zero-order valence-electron chi connectivity index (χ0n) is 18.1. The lowest BCUT2D eigenvalue weighted by Crippen LogP contribution is -2.40. The fraction of sp³-hybridized carbons (Fsp3) is 0.417. The fourth-order valence-electron chi connectivity index (χ4n) is 4.48. The maximum atomic E-state index is 12.7. The molecule has 6 nitrogen and oxygen atoms in total. The second-order valence-corrected chi connectivity index (χ2v) is 8.98. The van der Waals surface area contributed by atoms with Gasteiger partial charge >= 0.3 is 6.03 Å². The van der Waals surface area contributed by atoms with Crippen molar-refractivity contribution < 1.29 is 9.59 Å². The average molecular weight is 441 g/mol. The van der Waals surface area contributed by atoms with Crippen molar-refractivity contribution in [1.29, 1.82) is 0 Å². The third-order valence-corrected chi connectivity index (χ3v) is 6.61. The first kappa shape index (κ1) is 21.7. The lowest BCUT2D eigenvalue weighted by molar-refractivity contribution is -0.120. The number of likely N-dealkylation sites (tertiary alicyclic amines) is 1. The Morgan fingerprint density at radius 1 is 0.968 bits per heavy atom. The Hall–Kier alpha value is -2.57. The number of nitrogens with zero attached hydrogens (tertiary/aromatic N) is 3. The highest BCUT2D eigenvalue weighted by Gasteiger charge is 2.33. The number of benzene rings is 2. The molecule has 1 unspecified atom stereocenters. The topological polar surface area (TPSA) is 55.9 Å². The lowest BCUT2D eigenvalue weighted by atomic mass is 9.89. The minimum atomic E-state index is -0.0766. The summed E-state index contributed by atoms with van der Waals surface area (Å²) in [6, 6.07) is 15.4. The Balaban J connectivity index is 1.30. The molecule has 0 radical (unpaired) electrons. The summed E-state index contributed by atoms with van der Waals surface area (Å²) in [6.07, 6.45) is 2.71. The van der Waals surface area contributed by atoms with E-state index in [0.29, 0.717) is 5.92 Å². The highest BCUT2D eigenvalue weighted by atomic mass is 35.5. The summed E-state index contributed by atoms with van der Waals surface area (Å²) in [5, 5.41) is 3.74. The van der Waals surface area contributed by atoms with Crippen molar-refractivity contribution in [2.45, 2.75) is 31.2 Å². The molecule has 1 N–H and O–H groups in total. The van der Waals surface area contributed by atoms with E-state index in [2.05, 4.69) is 17.4 Å². The quantitative estimate of drug-likeness (QED) is 0.765. The Morgan fingerprint density at radius 3 is 2.19 bits per heavy atom. The average Bonchev–Trinajstić information content (AvgIpc) is 3.16. The number of halogens is 1. The van der Waals surface area contributed by atoms with Gasteiger partial charge in [0.25, 0.3) is 0 Å². The van der Waals surface area contributed by atoms with Gasteiger partial charge in [-0.1, -0.05) is 23.7 Å². The van der Waals surface area contributed by atoms with Crippen molar-refractivity contribution in [3.8, 4) is 0 Å². The van der Waals surface area contributed by atoms with Crippen LogP contribution < -0.4 is 10.2 Å². The normalized spacial score (nSPS) is 19.9. The number of urea groups is 1. The van der Waals surface area contributed by atoms with Crippen molar-refractivity contribution in [3.63, 3.8) is 0 Å². The Bertz CT molecular complexity index is 922. The van der Waals surface area contributed by atoms with Crippen molar-refractivity contribution >= 4 is 34.9 Å². The molecule has 2 saturated heterocycles. The molecule has 2 heterocycles. The molecular weight excluding hydrogens is 412 g/mol. The summed E-state index contributed by atoms with van der Waals surface area (Å²) < 4.78 is 0. The first-order valence-electron chi connectivity index (χ1n) is 10.8. The summed E-state index contributed by atoms with van der Waals surface area (Å²) in [6.45, 7) is 2.17. The van der Waals surface area contributed by atoms with Gasteiger partial charge in [0.1, 0.15) is 0 Å². The van der Waals surface area contributed by atoms with Crippen LogP contribution in [0.1, 0.15) is 30.7 Å². The van der Waals surface area contributed by atoms with Crippen LogP contribution in [-0.2, 0) is 4.79 Å². The summed E-state index contributed by atoms with van der Waals surface area (Å²) >= 11 is 5.98. The van der Waals surface area contributed by atoms with Gasteiger partial charge in [0, 0.05) is 36.0 Å². The Kier molecular flexibility index (Phi) is 6.49. The first-order chi connectivity index (χ1) is 14.9. The summed E-state index contributed by atoms with van der Waals surface area (Å²) in [5.41, 5.74) is 2.90. The van der Waals surface area contributed by atoms with Crippen LogP contribution in [0.2, 0.25) is 5.02 Å². The highest BCUT2D eigenvalue weighted by molar-refractivity contribution is 6.30. The molecule has 0 spiro atoms. The molecule has 2 aromatic carbocycles. The van der Waals surface area contributed by atoms with Crippen molar-refractivity contribution in [2.24, 2.45) is 0 Å². The first-order valence-corrected chi connectivity index (χ1v) is 11.2. The van der Waals surface area contributed by atoms with Crippen LogP contribution >= 0.6 is 11.6 Å². The number of amides is 3. The monoisotopic (exact) mass is 440 g/mol. The van der Waals surface area contributed by atoms with Crippen LogP contribution in [0.15, 0.2) is 48.5 Å². The van der Waals surface area contributed by atoms with E-state index in [0.717, 1.165) is 55.3 Å². The van der Waals surface area contributed by atoms with E-state index >= 15 is 0 Å². The van der Waals surface area contributed by atoms with Gasteiger partial charge in [0.05, 0.1) is 6.04 Å². The van der Waals surface area contributed by atoms with Gasteiger partial charge in [-0.3, -0.25) is 9.69 Å². The molecule has 2 fully saturated rings. The largest absolute Gasteiger partial charge is 0.324 e. The zero-order chi connectivity index (χ0) is 22.0. The molecule has 7 heteroatoms. The number of likely N-dealkylation sites (N-methyl/N-ethyl adjacent to an activating group) is 1. The van der Waals surface area contributed by atoms with Crippen molar-refractivity contribution in [3.05, 3.63) is 59.1 Å². The molecule has 0 aromatic heterocycles. The molecular formula is C24H29ClN4O2. The van der Waals surface area contributed by atoms with E-state index in [1.807, 2.05) is 65.2 Å². The van der Waals surface area contributed by atoms with Crippen LogP contribution in [0.5, 0.6) is 0 Å². The van der Waals surface area contributed by atoms with Gasteiger partial charge in [-0.05, 0) is 81.2 Å². The summed E-state index contributed by atoms with van der Waals surface area (Å²) in [7, 11) is 3.87. The van der Waals surface area contributed by atoms with Gasteiger partial charge in [-0.15, -0.1) is 0 Å². The maximum Gasteiger partial charge on any atom is 0.321 e. The number of rotatable bonds is 4. The molecule has 0 saturated carbocycles. The smallest absolute Gasteiger partial charge is 0.321 e. The number of anilines is 2. The molecule has 3 amide bonds. The van der Waals surface area contributed by atoms with Gasteiger partial charge in [-0.2, -0.15) is 0 Å². The highest BCUT2D eigenvalue weighted by Crippen LogP contribution is 2.29. The third kappa shape index (κ3) is 4.86. The van der Waals surface area contributed by atoms with Gasteiger partial charge in [0.15, 0.2) is 0 Å². The van der Waals surface area contributed by atoms with Crippen LogP contribution in [0.25, 0.3) is 0 Å². The SMILES string of the molecule is CN(C)C1CCN(c2ccc(NC(=O)N3CCC(c4ccc(Cl)cc4)CC3)cc2)C1=O. The Labute approximate surface area is 188 Å². The summed E-state index contributed by atoms with van der Waals surface area (Å²) in [4.78, 5) is 30.9.